The SMILES string of the molecule is O=c1cc(-c2ccsc2)[nH]c(=S)[nH]1. The largest absolute Gasteiger partial charge is 0.332 e. The first kappa shape index (κ1) is 8.40. The molecule has 0 aliphatic carbocycles. The zero-order valence-electron chi connectivity index (χ0n) is 6.53. The van der Waals surface area contributed by atoms with Gasteiger partial charge in [0, 0.05) is 17.0 Å². The number of hydrogen-bond donors (Lipinski definition) is 2. The Balaban J connectivity index is 2.66. The van der Waals surface area contributed by atoms with E-state index in [0.717, 1.165) is 11.3 Å². The molecule has 0 bridgehead atoms. The zero-order valence-corrected chi connectivity index (χ0v) is 8.17. The van der Waals surface area contributed by atoms with Gasteiger partial charge in [-0.25, -0.2) is 0 Å². The van der Waals surface area contributed by atoms with E-state index in [2.05, 4.69) is 9.97 Å². The van der Waals surface area contributed by atoms with E-state index in [9.17, 15) is 4.79 Å². The highest BCUT2D eigenvalue weighted by Gasteiger charge is 1.98. The van der Waals surface area contributed by atoms with Gasteiger partial charge in [0.05, 0.1) is 5.69 Å². The van der Waals surface area contributed by atoms with Crippen molar-refractivity contribution < 1.29 is 0 Å². The molecule has 3 nitrogen and oxygen atoms in total. The summed E-state index contributed by atoms with van der Waals surface area (Å²) in [6.45, 7) is 0. The summed E-state index contributed by atoms with van der Waals surface area (Å²) in [7, 11) is 0. The second kappa shape index (κ2) is 3.27. The van der Waals surface area contributed by atoms with E-state index in [1.165, 1.54) is 6.07 Å². The summed E-state index contributed by atoms with van der Waals surface area (Å²) in [6, 6.07) is 3.43. The number of nitrogens with one attached hydrogen (secondary N) is 2. The van der Waals surface area contributed by atoms with Gasteiger partial charge in [0.15, 0.2) is 4.77 Å². The van der Waals surface area contributed by atoms with E-state index in [-0.39, 0.29) is 5.56 Å². The van der Waals surface area contributed by atoms with Crippen LogP contribution >= 0.6 is 23.6 Å². The van der Waals surface area contributed by atoms with Crippen molar-refractivity contribution in [2.75, 3.05) is 0 Å². The summed E-state index contributed by atoms with van der Waals surface area (Å²) in [5.74, 6) is 0. The molecule has 0 saturated heterocycles. The van der Waals surface area contributed by atoms with Crippen molar-refractivity contribution in [2.45, 2.75) is 0 Å². The number of aromatic amines is 2. The molecule has 2 N–H and O–H groups in total. The van der Waals surface area contributed by atoms with Crippen molar-refractivity contribution in [1.29, 1.82) is 0 Å². The maximum absolute atomic E-state index is 11.1. The van der Waals surface area contributed by atoms with Crippen LogP contribution in [-0.2, 0) is 0 Å². The topological polar surface area (TPSA) is 48.6 Å². The Kier molecular flexibility index (Phi) is 2.12. The van der Waals surface area contributed by atoms with Gasteiger partial charge in [0.1, 0.15) is 0 Å². The average molecular weight is 210 g/mol. The van der Waals surface area contributed by atoms with Crippen LogP contribution < -0.4 is 5.56 Å². The standard InChI is InChI=1S/C8H6N2OS2/c11-7-3-6(9-8(12)10-7)5-1-2-13-4-5/h1-4H,(H2,9,10,11,12). The molecule has 0 radical (unpaired) electrons. The lowest BCUT2D eigenvalue weighted by atomic mass is 10.2. The van der Waals surface area contributed by atoms with Crippen molar-refractivity contribution >= 4 is 23.6 Å². The lowest BCUT2D eigenvalue weighted by Crippen LogP contribution is -2.05. The summed E-state index contributed by atoms with van der Waals surface area (Å²) in [6.07, 6.45) is 0. The molecule has 66 valence electrons. The highest BCUT2D eigenvalue weighted by atomic mass is 32.1. The third kappa shape index (κ3) is 1.76. The van der Waals surface area contributed by atoms with Gasteiger partial charge < -0.3 is 4.98 Å². The lowest BCUT2D eigenvalue weighted by Gasteiger charge is -1.95. The molecule has 0 fully saturated rings. The van der Waals surface area contributed by atoms with Crippen LogP contribution in [0.25, 0.3) is 11.3 Å². The van der Waals surface area contributed by atoms with Crippen molar-refractivity contribution in [1.82, 2.24) is 9.97 Å². The molecule has 2 aromatic rings. The third-order valence-electron chi connectivity index (χ3n) is 1.59. The van der Waals surface area contributed by atoms with Gasteiger partial charge >= 0.3 is 0 Å². The van der Waals surface area contributed by atoms with Gasteiger partial charge in [-0.05, 0) is 23.7 Å². The van der Waals surface area contributed by atoms with Crippen molar-refractivity contribution in [3.05, 3.63) is 38.0 Å². The van der Waals surface area contributed by atoms with E-state index in [0.29, 0.717) is 4.77 Å². The lowest BCUT2D eigenvalue weighted by molar-refractivity contribution is 1.09. The Hall–Kier alpha value is -1.20. The fourth-order valence-electron chi connectivity index (χ4n) is 1.04. The van der Waals surface area contributed by atoms with Gasteiger partial charge in [-0.15, -0.1) is 0 Å². The average Bonchev–Trinajstić information content (AvgIpc) is 2.53. The molecule has 0 aliphatic heterocycles. The first-order valence-electron chi connectivity index (χ1n) is 3.62. The molecule has 0 aromatic carbocycles. The predicted molar refractivity (Wildman–Crippen MR) is 55.6 cm³/mol. The predicted octanol–water partition coefficient (Wildman–Crippen LogP) is 2.16. The Morgan fingerprint density at radius 1 is 1.38 bits per heavy atom. The fourth-order valence-corrected chi connectivity index (χ4v) is 1.91. The maximum Gasteiger partial charge on any atom is 0.252 e. The normalized spacial score (nSPS) is 10.2. The summed E-state index contributed by atoms with van der Waals surface area (Å²) < 4.78 is 0.355. The van der Waals surface area contributed by atoms with Crippen LogP contribution in [0.1, 0.15) is 0 Å². The van der Waals surface area contributed by atoms with Crippen molar-refractivity contribution in [3.63, 3.8) is 0 Å². The number of aromatic nitrogens is 2. The van der Waals surface area contributed by atoms with Gasteiger partial charge in [-0.3, -0.25) is 9.78 Å². The Morgan fingerprint density at radius 3 is 2.85 bits per heavy atom. The molecule has 0 amide bonds. The minimum atomic E-state index is -0.176. The zero-order chi connectivity index (χ0) is 9.26. The smallest absolute Gasteiger partial charge is 0.252 e. The highest BCUT2D eigenvalue weighted by Crippen LogP contribution is 2.17. The summed E-state index contributed by atoms with van der Waals surface area (Å²) in [5.41, 5.74) is 1.57. The van der Waals surface area contributed by atoms with Crippen LogP contribution in [-0.4, -0.2) is 9.97 Å². The van der Waals surface area contributed by atoms with Gasteiger partial charge in [0.25, 0.3) is 5.56 Å². The summed E-state index contributed by atoms with van der Waals surface area (Å²) >= 11 is 6.43. The molecule has 5 heteroatoms. The third-order valence-corrected chi connectivity index (χ3v) is 2.48. The van der Waals surface area contributed by atoms with Gasteiger partial charge in [-0.1, -0.05) is 0 Å². The second-order valence-corrected chi connectivity index (χ2v) is 3.70. The highest BCUT2D eigenvalue weighted by molar-refractivity contribution is 7.71. The first-order chi connectivity index (χ1) is 6.25. The molecular weight excluding hydrogens is 204 g/mol. The van der Waals surface area contributed by atoms with Crippen molar-refractivity contribution in [2.24, 2.45) is 0 Å². The van der Waals surface area contributed by atoms with E-state index in [1.807, 2.05) is 16.8 Å². The fraction of sp³-hybridized carbons (Fsp3) is 0. The molecule has 0 aliphatic rings. The van der Waals surface area contributed by atoms with Gasteiger partial charge in [-0.2, -0.15) is 11.3 Å². The number of H-pyrrole nitrogens is 2. The van der Waals surface area contributed by atoms with Crippen LogP contribution in [0.15, 0.2) is 27.7 Å². The van der Waals surface area contributed by atoms with Gasteiger partial charge in [0.2, 0.25) is 0 Å². The molecule has 2 rings (SSSR count). The Labute approximate surface area is 83.1 Å². The molecule has 2 heterocycles. The van der Waals surface area contributed by atoms with E-state index >= 15 is 0 Å². The van der Waals surface area contributed by atoms with Crippen molar-refractivity contribution in [3.8, 4) is 11.3 Å². The van der Waals surface area contributed by atoms with Crippen LogP contribution in [0, 0.1) is 4.77 Å². The molecule has 0 atom stereocenters. The second-order valence-electron chi connectivity index (χ2n) is 2.51. The Bertz CT molecular complexity index is 481. The first-order valence-corrected chi connectivity index (χ1v) is 4.97. The minimum Gasteiger partial charge on any atom is -0.332 e. The summed E-state index contributed by atoms with van der Waals surface area (Å²) in [5, 5.41) is 3.91. The maximum atomic E-state index is 11.1. The molecule has 2 aromatic heterocycles. The molecule has 0 saturated carbocycles. The summed E-state index contributed by atoms with van der Waals surface area (Å²) in [4.78, 5) is 16.5. The van der Waals surface area contributed by atoms with E-state index in [4.69, 9.17) is 12.2 Å². The molecular formula is C8H6N2OS2. The monoisotopic (exact) mass is 210 g/mol. The molecule has 13 heavy (non-hydrogen) atoms. The Morgan fingerprint density at radius 2 is 2.23 bits per heavy atom. The van der Waals surface area contributed by atoms with Crippen LogP contribution in [0.3, 0.4) is 0 Å². The number of rotatable bonds is 1. The van der Waals surface area contributed by atoms with E-state index in [1.54, 1.807) is 11.3 Å². The minimum absolute atomic E-state index is 0.176. The number of hydrogen-bond acceptors (Lipinski definition) is 3. The molecule has 0 unspecified atom stereocenters. The quantitative estimate of drug-likeness (QED) is 0.709. The van der Waals surface area contributed by atoms with E-state index < -0.39 is 0 Å². The van der Waals surface area contributed by atoms with Crippen LogP contribution in [0.2, 0.25) is 0 Å². The van der Waals surface area contributed by atoms with Crippen LogP contribution in [0.4, 0.5) is 0 Å². The number of thiophene rings is 1. The molecule has 0 spiro atoms. The van der Waals surface area contributed by atoms with Crippen LogP contribution in [0.5, 0.6) is 0 Å².